The van der Waals surface area contributed by atoms with Crippen LogP contribution in [-0.2, 0) is 0 Å². The summed E-state index contributed by atoms with van der Waals surface area (Å²) in [6, 6.07) is 0.249. The Kier molecular flexibility index (Phi) is 7.09. The zero-order valence-electron chi connectivity index (χ0n) is 8.26. The van der Waals surface area contributed by atoms with Gasteiger partial charge in [-0.1, -0.05) is 20.3 Å². The molecule has 2 N–H and O–H groups in total. The first-order chi connectivity index (χ1) is 6.11. The van der Waals surface area contributed by atoms with Gasteiger partial charge in [-0.3, -0.25) is 0 Å². The second kappa shape index (κ2) is 7.21. The topological polar surface area (TPSA) is 32.3 Å². The van der Waals surface area contributed by atoms with E-state index >= 15 is 0 Å². The molecule has 0 radical (unpaired) electrons. The van der Waals surface area contributed by atoms with E-state index in [-0.39, 0.29) is 12.6 Å². The van der Waals surface area contributed by atoms with Crippen molar-refractivity contribution in [3.8, 4) is 0 Å². The zero-order valence-corrected chi connectivity index (χ0v) is 8.26. The monoisotopic (exact) mass is 195 g/mol. The number of alkyl halides is 2. The summed E-state index contributed by atoms with van der Waals surface area (Å²) in [4.78, 5) is 0. The van der Waals surface area contributed by atoms with Crippen LogP contribution in [0.15, 0.2) is 0 Å². The fraction of sp³-hybridized carbons (Fsp3) is 1.00. The van der Waals surface area contributed by atoms with Crippen molar-refractivity contribution in [2.24, 2.45) is 0 Å². The lowest BCUT2D eigenvalue weighted by Gasteiger charge is -2.18. The first-order valence-electron chi connectivity index (χ1n) is 4.81. The zero-order chi connectivity index (χ0) is 10.3. The van der Waals surface area contributed by atoms with Gasteiger partial charge in [-0.15, -0.1) is 0 Å². The van der Waals surface area contributed by atoms with Gasteiger partial charge >= 0.3 is 0 Å². The molecule has 0 bridgehead atoms. The minimum Gasteiger partial charge on any atom is -0.386 e. The molecular weight excluding hydrogens is 176 g/mol. The number of aliphatic hydroxyl groups is 1. The average molecular weight is 195 g/mol. The minimum atomic E-state index is -2.65. The van der Waals surface area contributed by atoms with Crippen molar-refractivity contribution in [1.29, 1.82) is 0 Å². The molecule has 2 atom stereocenters. The summed E-state index contributed by atoms with van der Waals surface area (Å²) in [5.41, 5.74) is 0. The molecule has 80 valence electrons. The summed E-state index contributed by atoms with van der Waals surface area (Å²) >= 11 is 0. The number of nitrogens with one attached hydrogen (secondary N) is 1. The maximum Gasteiger partial charge on any atom is 0.265 e. The molecule has 0 heterocycles. The summed E-state index contributed by atoms with van der Waals surface area (Å²) in [6.45, 7) is 4.03. The third-order valence-electron chi connectivity index (χ3n) is 2.04. The number of hydrogen-bond donors (Lipinski definition) is 2. The SMILES string of the molecule is CCCC(CC)NCC(O)C(F)F. The molecule has 0 aromatic carbocycles. The molecule has 0 aromatic heterocycles. The van der Waals surface area contributed by atoms with Crippen LogP contribution in [-0.4, -0.2) is 30.2 Å². The minimum absolute atomic E-state index is 0.0177. The van der Waals surface area contributed by atoms with Gasteiger partial charge in [0.25, 0.3) is 6.43 Å². The van der Waals surface area contributed by atoms with Crippen molar-refractivity contribution >= 4 is 0 Å². The Labute approximate surface area is 78.3 Å². The van der Waals surface area contributed by atoms with E-state index in [1.165, 1.54) is 0 Å². The second-order valence-electron chi connectivity index (χ2n) is 3.20. The molecule has 0 aromatic rings. The summed E-state index contributed by atoms with van der Waals surface area (Å²) in [5, 5.41) is 11.7. The van der Waals surface area contributed by atoms with Crippen LogP contribution < -0.4 is 5.32 Å². The van der Waals surface area contributed by atoms with Crippen LogP contribution in [0.4, 0.5) is 8.78 Å². The van der Waals surface area contributed by atoms with Gasteiger partial charge in [0.2, 0.25) is 0 Å². The van der Waals surface area contributed by atoms with Crippen LogP contribution in [0, 0.1) is 0 Å². The molecule has 0 saturated carbocycles. The Morgan fingerprint density at radius 2 is 1.92 bits per heavy atom. The summed E-state index contributed by atoms with van der Waals surface area (Å²) in [7, 11) is 0. The third kappa shape index (κ3) is 5.93. The van der Waals surface area contributed by atoms with E-state index in [4.69, 9.17) is 5.11 Å². The average Bonchev–Trinajstić information content (AvgIpc) is 2.11. The number of aliphatic hydroxyl groups excluding tert-OH is 1. The van der Waals surface area contributed by atoms with Crippen LogP contribution in [0.3, 0.4) is 0 Å². The summed E-state index contributed by atoms with van der Waals surface area (Å²) in [6.07, 6.45) is -1.29. The first kappa shape index (κ1) is 12.8. The van der Waals surface area contributed by atoms with Crippen molar-refractivity contribution in [3.63, 3.8) is 0 Å². The van der Waals surface area contributed by atoms with Crippen molar-refractivity contribution in [3.05, 3.63) is 0 Å². The predicted octanol–water partition coefficient (Wildman–Crippen LogP) is 1.78. The highest BCUT2D eigenvalue weighted by Crippen LogP contribution is 2.03. The molecule has 2 unspecified atom stereocenters. The largest absolute Gasteiger partial charge is 0.386 e. The highest BCUT2D eigenvalue weighted by atomic mass is 19.3. The van der Waals surface area contributed by atoms with Crippen LogP contribution in [0.2, 0.25) is 0 Å². The van der Waals surface area contributed by atoms with Gasteiger partial charge in [0, 0.05) is 12.6 Å². The number of hydrogen-bond acceptors (Lipinski definition) is 2. The maximum atomic E-state index is 11.9. The maximum absolute atomic E-state index is 11.9. The Hall–Kier alpha value is -0.220. The van der Waals surface area contributed by atoms with Gasteiger partial charge in [-0.25, -0.2) is 8.78 Å². The lowest BCUT2D eigenvalue weighted by atomic mass is 10.1. The van der Waals surface area contributed by atoms with Crippen molar-refractivity contribution in [2.45, 2.75) is 51.7 Å². The lowest BCUT2D eigenvalue weighted by molar-refractivity contribution is -0.00479. The smallest absolute Gasteiger partial charge is 0.265 e. The van der Waals surface area contributed by atoms with Gasteiger partial charge in [-0.2, -0.15) is 0 Å². The molecule has 0 saturated heterocycles. The highest BCUT2D eigenvalue weighted by Gasteiger charge is 2.17. The van der Waals surface area contributed by atoms with E-state index in [0.717, 1.165) is 19.3 Å². The van der Waals surface area contributed by atoms with Crippen LogP contribution in [0.5, 0.6) is 0 Å². The molecule has 0 amide bonds. The molecule has 0 aliphatic carbocycles. The van der Waals surface area contributed by atoms with E-state index in [1.54, 1.807) is 0 Å². The molecule has 4 heteroatoms. The van der Waals surface area contributed by atoms with Crippen LogP contribution in [0.1, 0.15) is 33.1 Å². The van der Waals surface area contributed by atoms with Crippen LogP contribution >= 0.6 is 0 Å². The molecule has 0 aliphatic heterocycles. The molecule has 0 rings (SSSR count). The lowest BCUT2D eigenvalue weighted by Crippen LogP contribution is -2.38. The van der Waals surface area contributed by atoms with Crippen LogP contribution in [0.25, 0.3) is 0 Å². The van der Waals surface area contributed by atoms with E-state index in [9.17, 15) is 8.78 Å². The molecule has 0 spiro atoms. The summed E-state index contributed by atoms with van der Waals surface area (Å²) in [5.74, 6) is 0. The quantitative estimate of drug-likeness (QED) is 0.649. The highest BCUT2D eigenvalue weighted by molar-refractivity contribution is 4.68. The van der Waals surface area contributed by atoms with Gasteiger partial charge < -0.3 is 10.4 Å². The van der Waals surface area contributed by atoms with E-state index < -0.39 is 12.5 Å². The van der Waals surface area contributed by atoms with Crippen molar-refractivity contribution < 1.29 is 13.9 Å². The van der Waals surface area contributed by atoms with E-state index in [2.05, 4.69) is 5.32 Å². The molecule has 2 nitrogen and oxygen atoms in total. The summed E-state index contributed by atoms with van der Waals surface area (Å²) < 4.78 is 23.8. The number of halogens is 2. The Bertz CT molecular complexity index is 122. The van der Waals surface area contributed by atoms with Crippen molar-refractivity contribution in [2.75, 3.05) is 6.54 Å². The van der Waals surface area contributed by atoms with Gasteiger partial charge in [0.1, 0.15) is 6.10 Å². The number of rotatable bonds is 7. The molecule has 0 aliphatic rings. The fourth-order valence-electron chi connectivity index (χ4n) is 1.18. The van der Waals surface area contributed by atoms with Gasteiger partial charge in [0.05, 0.1) is 0 Å². The standard InChI is InChI=1S/C9H19F2NO/c1-3-5-7(4-2)12-6-8(13)9(10)11/h7-9,12-13H,3-6H2,1-2H3. The molecule has 13 heavy (non-hydrogen) atoms. The van der Waals surface area contributed by atoms with E-state index in [0.29, 0.717) is 0 Å². The molecular formula is C9H19F2NO. The van der Waals surface area contributed by atoms with Gasteiger partial charge in [0.15, 0.2) is 0 Å². The predicted molar refractivity (Wildman–Crippen MR) is 49.0 cm³/mol. The third-order valence-corrected chi connectivity index (χ3v) is 2.04. The first-order valence-corrected chi connectivity index (χ1v) is 4.81. The van der Waals surface area contributed by atoms with Crippen molar-refractivity contribution in [1.82, 2.24) is 5.32 Å². The normalized spacial score (nSPS) is 16.2. The Morgan fingerprint density at radius 3 is 2.31 bits per heavy atom. The Morgan fingerprint density at radius 1 is 1.31 bits per heavy atom. The van der Waals surface area contributed by atoms with E-state index in [1.807, 2.05) is 13.8 Å². The second-order valence-corrected chi connectivity index (χ2v) is 3.20. The fourth-order valence-corrected chi connectivity index (χ4v) is 1.18. The molecule has 0 fully saturated rings. The van der Waals surface area contributed by atoms with Gasteiger partial charge in [-0.05, 0) is 12.8 Å². The Balaban J connectivity index is 3.58.